The van der Waals surface area contributed by atoms with Crippen LogP contribution in [0, 0.1) is 6.92 Å². The van der Waals surface area contributed by atoms with E-state index < -0.39 is 26.1 Å². The van der Waals surface area contributed by atoms with Gasteiger partial charge in [0.25, 0.3) is 10.0 Å². The third kappa shape index (κ3) is 4.93. The average molecular weight is 551 g/mol. The maximum Gasteiger partial charge on any atom is 0.268 e. The molecule has 9 heteroatoms. The fraction of sp³-hybridized carbons (Fsp3) is 0.0714. The lowest BCUT2D eigenvalue weighted by Crippen LogP contribution is -2.32. The fourth-order valence-electron chi connectivity index (χ4n) is 4.21. The predicted molar refractivity (Wildman–Crippen MR) is 146 cm³/mol. The molecule has 5 rings (SSSR count). The van der Waals surface area contributed by atoms with Crippen LogP contribution in [-0.4, -0.2) is 20.8 Å². The number of aryl methyl sites for hydroxylation is 1. The zero-order valence-electron chi connectivity index (χ0n) is 19.7. The molecule has 6 nitrogen and oxygen atoms in total. The maximum absolute atomic E-state index is 14.0. The summed E-state index contributed by atoms with van der Waals surface area (Å²) in [5.74, 6) is 0. The van der Waals surface area contributed by atoms with Crippen LogP contribution in [0.25, 0.3) is 10.9 Å². The third-order valence-corrected chi connectivity index (χ3v) is 9.53. The second kappa shape index (κ2) is 9.79. The van der Waals surface area contributed by atoms with Crippen LogP contribution in [0.1, 0.15) is 22.9 Å². The highest BCUT2D eigenvalue weighted by Gasteiger charge is 2.31. The number of nitrogens with zero attached hydrogens (tertiary/aromatic N) is 1. The van der Waals surface area contributed by atoms with Gasteiger partial charge in [0.05, 0.1) is 27.0 Å². The van der Waals surface area contributed by atoms with E-state index in [-0.39, 0.29) is 15.5 Å². The maximum atomic E-state index is 14.0. The molecule has 0 aliphatic carbocycles. The zero-order valence-corrected chi connectivity index (χ0v) is 22.1. The van der Waals surface area contributed by atoms with Gasteiger partial charge in [-0.2, -0.15) is 4.72 Å². The van der Waals surface area contributed by atoms with E-state index in [2.05, 4.69) is 4.72 Å². The van der Waals surface area contributed by atoms with E-state index in [9.17, 15) is 16.8 Å². The Bertz CT molecular complexity index is 1780. The number of hydrogen-bond donors (Lipinski definition) is 1. The minimum Gasteiger partial charge on any atom is -0.236 e. The summed E-state index contributed by atoms with van der Waals surface area (Å²) < 4.78 is 58.9. The van der Waals surface area contributed by atoms with Gasteiger partial charge in [-0.25, -0.2) is 20.8 Å². The minimum atomic E-state index is -4.08. The molecule has 1 aromatic heterocycles. The zero-order chi connectivity index (χ0) is 26.2. The Morgan fingerprint density at radius 1 is 0.730 bits per heavy atom. The van der Waals surface area contributed by atoms with Gasteiger partial charge in [-0.3, -0.25) is 0 Å². The molecule has 188 valence electrons. The highest BCUT2D eigenvalue weighted by Crippen LogP contribution is 2.34. The molecule has 0 radical (unpaired) electrons. The van der Waals surface area contributed by atoms with Crippen molar-refractivity contribution in [3.05, 3.63) is 131 Å². The molecule has 1 atom stereocenters. The van der Waals surface area contributed by atoms with Gasteiger partial charge >= 0.3 is 0 Å². The van der Waals surface area contributed by atoms with Gasteiger partial charge in [-0.05, 0) is 61.0 Å². The summed E-state index contributed by atoms with van der Waals surface area (Å²) in [6.45, 7) is 1.87. The molecule has 0 aliphatic rings. The quantitative estimate of drug-likeness (QED) is 0.273. The number of aromatic nitrogens is 1. The van der Waals surface area contributed by atoms with Crippen LogP contribution < -0.4 is 4.72 Å². The number of fused-ring (bicyclic) bond motifs is 1. The Balaban J connectivity index is 1.76. The lowest BCUT2D eigenvalue weighted by molar-refractivity contribution is 0.564. The Kier molecular flexibility index (Phi) is 6.68. The van der Waals surface area contributed by atoms with Gasteiger partial charge in [-0.15, -0.1) is 0 Å². The van der Waals surface area contributed by atoms with Crippen molar-refractivity contribution in [2.24, 2.45) is 0 Å². The number of para-hydroxylation sites is 1. The molecule has 1 heterocycles. The summed E-state index contributed by atoms with van der Waals surface area (Å²) in [4.78, 5) is 0.166. The third-order valence-electron chi connectivity index (χ3n) is 6.08. The standard InChI is InChI=1S/C28H23ClN2O4S2/c1-20-11-17-24(18-12-20)36(32,33)30-28(21-13-15-23(29)16-14-21)27-19-22-7-5-6-10-26(22)31(27)37(34,35)25-8-3-2-4-9-25/h2-19,28,30H,1H3/t28-/m0/s1. The molecule has 0 spiro atoms. The van der Waals surface area contributed by atoms with E-state index in [1.807, 2.05) is 6.92 Å². The first kappa shape index (κ1) is 25.2. The second-order valence-electron chi connectivity index (χ2n) is 8.63. The van der Waals surface area contributed by atoms with E-state index in [0.29, 0.717) is 21.5 Å². The van der Waals surface area contributed by atoms with Crippen molar-refractivity contribution in [2.45, 2.75) is 22.8 Å². The molecule has 37 heavy (non-hydrogen) atoms. The molecule has 0 saturated heterocycles. The number of halogens is 1. The normalized spacial score (nSPS) is 13.0. The second-order valence-corrected chi connectivity index (χ2v) is 12.6. The van der Waals surface area contributed by atoms with Crippen LogP contribution >= 0.6 is 11.6 Å². The van der Waals surface area contributed by atoms with Crippen LogP contribution in [0.5, 0.6) is 0 Å². The molecule has 0 saturated carbocycles. The smallest absolute Gasteiger partial charge is 0.236 e. The van der Waals surface area contributed by atoms with Crippen LogP contribution in [0.15, 0.2) is 119 Å². The summed E-state index contributed by atoms with van der Waals surface area (Å²) in [5, 5.41) is 1.13. The largest absolute Gasteiger partial charge is 0.268 e. The number of sulfonamides is 1. The molecular formula is C28H23ClN2O4S2. The number of hydrogen-bond acceptors (Lipinski definition) is 4. The molecular weight excluding hydrogens is 528 g/mol. The predicted octanol–water partition coefficient (Wildman–Crippen LogP) is 5.91. The average Bonchev–Trinajstić information content (AvgIpc) is 3.29. The molecule has 0 unspecified atom stereocenters. The monoisotopic (exact) mass is 550 g/mol. The van der Waals surface area contributed by atoms with Gasteiger partial charge in [0.2, 0.25) is 10.0 Å². The fourth-order valence-corrected chi connectivity index (χ4v) is 7.11. The van der Waals surface area contributed by atoms with E-state index >= 15 is 0 Å². The summed E-state index contributed by atoms with van der Waals surface area (Å²) in [5.41, 5.74) is 2.15. The number of nitrogens with one attached hydrogen (secondary N) is 1. The highest BCUT2D eigenvalue weighted by atomic mass is 35.5. The van der Waals surface area contributed by atoms with Crippen LogP contribution in [-0.2, 0) is 20.0 Å². The van der Waals surface area contributed by atoms with Gasteiger partial charge in [-0.1, -0.05) is 77.8 Å². The van der Waals surface area contributed by atoms with E-state index in [4.69, 9.17) is 11.6 Å². The van der Waals surface area contributed by atoms with E-state index in [1.165, 1.54) is 28.2 Å². The van der Waals surface area contributed by atoms with Crippen molar-refractivity contribution in [2.75, 3.05) is 0 Å². The lowest BCUT2D eigenvalue weighted by Gasteiger charge is -2.22. The SMILES string of the molecule is Cc1ccc(S(=O)(=O)N[C@@H](c2ccc(Cl)cc2)c2cc3ccccc3n2S(=O)(=O)c2ccccc2)cc1. The Labute approximate surface area is 221 Å². The molecule has 0 fully saturated rings. The number of rotatable bonds is 7. The summed E-state index contributed by atoms with van der Waals surface area (Å²) in [6, 6.07) is 28.9. The van der Waals surface area contributed by atoms with Gasteiger partial charge in [0.1, 0.15) is 0 Å². The van der Waals surface area contributed by atoms with Crippen molar-refractivity contribution in [3.8, 4) is 0 Å². The van der Waals surface area contributed by atoms with Gasteiger partial charge < -0.3 is 0 Å². The van der Waals surface area contributed by atoms with Crippen LogP contribution in [0.3, 0.4) is 0 Å². The Hall–Kier alpha value is -3.43. The first-order valence-corrected chi connectivity index (χ1v) is 14.7. The molecule has 4 aromatic carbocycles. The van der Waals surface area contributed by atoms with Crippen LogP contribution in [0.4, 0.5) is 0 Å². The first-order chi connectivity index (χ1) is 17.7. The van der Waals surface area contributed by atoms with Crippen molar-refractivity contribution >= 4 is 42.6 Å². The summed E-state index contributed by atoms with van der Waals surface area (Å²) in [7, 11) is -8.12. The summed E-state index contributed by atoms with van der Waals surface area (Å²) in [6.07, 6.45) is 0. The molecule has 0 aliphatic heterocycles. The molecule has 0 bridgehead atoms. The lowest BCUT2D eigenvalue weighted by atomic mass is 10.0. The van der Waals surface area contributed by atoms with Crippen molar-refractivity contribution in [3.63, 3.8) is 0 Å². The number of benzene rings is 4. The molecule has 0 amide bonds. The van der Waals surface area contributed by atoms with Crippen molar-refractivity contribution in [1.82, 2.24) is 8.69 Å². The topological polar surface area (TPSA) is 85.2 Å². The highest BCUT2D eigenvalue weighted by molar-refractivity contribution is 7.90. The minimum absolute atomic E-state index is 0.0747. The van der Waals surface area contributed by atoms with Gasteiger partial charge in [0, 0.05) is 10.4 Å². The Morgan fingerprint density at radius 3 is 2.03 bits per heavy atom. The van der Waals surface area contributed by atoms with E-state index in [0.717, 1.165) is 5.56 Å². The van der Waals surface area contributed by atoms with Crippen molar-refractivity contribution < 1.29 is 16.8 Å². The Morgan fingerprint density at radius 2 is 1.35 bits per heavy atom. The van der Waals surface area contributed by atoms with Gasteiger partial charge in [0.15, 0.2) is 0 Å². The molecule has 1 N–H and O–H groups in total. The summed E-state index contributed by atoms with van der Waals surface area (Å²) >= 11 is 6.11. The van der Waals surface area contributed by atoms with E-state index in [1.54, 1.807) is 84.9 Å². The first-order valence-electron chi connectivity index (χ1n) is 11.4. The van der Waals surface area contributed by atoms with Crippen molar-refractivity contribution in [1.29, 1.82) is 0 Å². The molecule has 5 aromatic rings. The van der Waals surface area contributed by atoms with Crippen LogP contribution in [0.2, 0.25) is 5.02 Å².